The maximum absolute atomic E-state index is 14.0. The van der Waals surface area contributed by atoms with E-state index in [4.69, 9.17) is 16.3 Å². The number of hydrogen-bond donors (Lipinski definition) is 1. The van der Waals surface area contributed by atoms with Gasteiger partial charge in [-0.1, -0.05) is 48.0 Å². The Morgan fingerprint density at radius 3 is 2.21 bits per heavy atom. The molecule has 142 valence electrons. The predicted octanol–water partition coefficient (Wildman–Crippen LogP) is 5.16. The number of amides is 1. The molecular formula is C21H14ClF2NO3. The van der Waals surface area contributed by atoms with Crippen molar-refractivity contribution >= 4 is 29.2 Å². The van der Waals surface area contributed by atoms with Crippen molar-refractivity contribution in [3.05, 3.63) is 101 Å². The van der Waals surface area contributed by atoms with Gasteiger partial charge in [-0.3, -0.25) is 4.79 Å². The Morgan fingerprint density at radius 2 is 1.57 bits per heavy atom. The van der Waals surface area contributed by atoms with Crippen LogP contribution in [0.1, 0.15) is 22.0 Å². The molecule has 0 bridgehead atoms. The van der Waals surface area contributed by atoms with Gasteiger partial charge in [0.1, 0.15) is 17.2 Å². The summed E-state index contributed by atoms with van der Waals surface area (Å²) < 4.78 is 32.4. The number of hydrogen-bond acceptors (Lipinski definition) is 3. The molecule has 0 aromatic heterocycles. The van der Waals surface area contributed by atoms with Crippen LogP contribution < -0.4 is 5.32 Å². The predicted molar refractivity (Wildman–Crippen MR) is 101 cm³/mol. The molecule has 0 saturated heterocycles. The molecule has 0 spiro atoms. The van der Waals surface area contributed by atoms with E-state index in [0.717, 1.165) is 6.07 Å². The van der Waals surface area contributed by atoms with Gasteiger partial charge in [-0.05, 0) is 36.4 Å². The largest absolute Gasteiger partial charge is 0.444 e. The lowest BCUT2D eigenvalue weighted by molar-refractivity contribution is -0.125. The zero-order valence-corrected chi connectivity index (χ0v) is 15.1. The minimum absolute atomic E-state index is 0.129. The van der Waals surface area contributed by atoms with E-state index in [1.165, 1.54) is 36.4 Å². The van der Waals surface area contributed by atoms with E-state index in [1.54, 1.807) is 30.3 Å². The van der Waals surface area contributed by atoms with Crippen LogP contribution in [0, 0.1) is 11.6 Å². The van der Waals surface area contributed by atoms with Crippen LogP contribution in [0.2, 0.25) is 5.02 Å². The van der Waals surface area contributed by atoms with E-state index in [9.17, 15) is 18.4 Å². The van der Waals surface area contributed by atoms with Crippen molar-refractivity contribution in [3.8, 4) is 0 Å². The summed E-state index contributed by atoms with van der Waals surface area (Å²) in [6.07, 6.45) is -1.37. The van der Waals surface area contributed by atoms with Crippen LogP contribution >= 0.6 is 11.6 Å². The monoisotopic (exact) mass is 401 g/mol. The fourth-order valence-electron chi connectivity index (χ4n) is 2.50. The number of carbonyl (C=O) groups is 2. The normalized spacial score (nSPS) is 11.5. The standard InChI is InChI=1S/C21H14ClF2NO3/c22-16-7-4-8-17(24)18(16)21(27)28-19(13-5-2-1-3-6-13)20(26)25-15-11-9-14(23)10-12-15/h1-12,19H,(H,25,26). The zero-order chi connectivity index (χ0) is 20.1. The van der Waals surface area contributed by atoms with Crippen LogP contribution in [0.4, 0.5) is 14.5 Å². The van der Waals surface area contributed by atoms with Crippen molar-refractivity contribution in [2.45, 2.75) is 6.10 Å². The van der Waals surface area contributed by atoms with Gasteiger partial charge in [0.15, 0.2) is 0 Å². The Balaban J connectivity index is 1.88. The number of carbonyl (C=O) groups excluding carboxylic acids is 2. The van der Waals surface area contributed by atoms with Gasteiger partial charge in [-0.25, -0.2) is 13.6 Å². The second-order valence-electron chi connectivity index (χ2n) is 5.79. The molecule has 0 aliphatic rings. The number of halogens is 3. The van der Waals surface area contributed by atoms with Crippen molar-refractivity contribution < 1.29 is 23.1 Å². The van der Waals surface area contributed by atoms with E-state index < -0.39 is 35.2 Å². The van der Waals surface area contributed by atoms with E-state index >= 15 is 0 Å². The smallest absolute Gasteiger partial charge is 0.343 e. The molecule has 28 heavy (non-hydrogen) atoms. The summed E-state index contributed by atoms with van der Waals surface area (Å²) >= 11 is 5.90. The van der Waals surface area contributed by atoms with Gasteiger partial charge >= 0.3 is 5.97 Å². The first-order chi connectivity index (χ1) is 13.5. The lowest BCUT2D eigenvalue weighted by atomic mass is 10.1. The Labute approximate surface area is 164 Å². The highest BCUT2D eigenvalue weighted by atomic mass is 35.5. The van der Waals surface area contributed by atoms with Gasteiger partial charge in [-0.2, -0.15) is 0 Å². The average Bonchev–Trinajstić information content (AvgIpc) is 2.68. The molecule has 0 aliphatic heterocycles. The van der Waals surface area contributed by atoms with Crippen LogP contribution in [-0.2, 0) is 9.53 Å². The molecule has 3 aromatic rings. The summed E-state index contributed by atoms with van der Waals surface area (Å²) in [5, 5.41) is 2.42. The third-order valence-corrected chi connectivity index (χ3v) is 4.16. The molecule has 0 aliphatic carbocycles. The van der Waals surface area contributed by atoms with Crippen molar-refractivity contribution in [1.29, 1.82) is 0 Å². The molecule has 0 heterocycles. The number of esters is 1. The number of ether oxygens (including phenoxy) is 1. The Morgan fingerprint density at radius 1 is 0.893 bits per heavy atom. The fraction of sp³-hybridized carbons (Fsp3) is 0.0476. The highest BCUT2D eigenvalue weighted by Gasteiger charge is 2.28. The van der Waals surface area contributed by atoms with Gasteiger partial charge in [0, 0.05) is 11.3 Å². The van der Waals surface area contributed by atoms with Gasteiger partial charge in [-0.15, -0.1) is 0 Å². The van der Waals surface area contributed by atoms with E-state index in [0.29, 0.717) is 11.3 Å². The third-order valence-electron chi connectivity index (χ3n) is 3.84. The summed E-state index contributed by atoms with van der Waals surface area (Å²) in [6, 6.07) is 17.1. The second-order valence-corrected chi connectivity index (χ2v) is 6.20. The summed E-state index contributed by atoms with van der Waals surface area (Å²) in [7, 11) is 0. The first kappa shape index (κ1) is 19.5. The third kappa shape index (κ3) is 4.53. The fourth-order valence-corrected chi connectivity index (χ4v) is 2.74. The summed E-state index contributed by atoms with van der Waals surface area (Å²) in [5.41, 5.74) is 0.231. The molecule has 4 nitrogen and oxygen atoms in total. The number of benzene rings is 3. The SMILES string of the molecule is O=C(OC(C(=O)Nc1ccc(F)cc1)c1ccccc1)c1c(F)cccc1Cl. The lowest BCUT2D eigenvalue weighted by Gasteiger charge is -2.18. The topological polar surface area (TPSA) is 55.4 Å². The Kier molecular flexibility index (Phi) is 6.01. The summed E-state index contributed by atoms with van der Waals surface area (Å²) in [6.45, 7) is 0. The lowest BCUT2D eigenvalue weighted by Crippen LogP contribution is -2.26. The Bertz CT molecular complexity index is 974. The van der Waals surface area contributed by atoms with Crippen molar-refractivity contribution in [1.82, 2.24) is 0 Å². The number of nitrogens with one attached hydrogen (secondary N) is 1. The van der Waals surface area contributed by atoms with E-state index in [1.807, 2.05) is 0 Å². The molecule has 1 unspecified atom stereocenters. The second kappa shape index (κ2) is 8.63. The molecule has 7 heteroatoms. The molecule has 1 amide bonds. The molecule has 1 N–H and O–H groups in total. The molecule has 0 saturated carbocycles. The van der Waals surface area contributed by atoms with Gasteiger partial charge in [0.2, 0.25) is 6.10 Å². The molecule has 0 radical (unpaired) electrons. The number of rotatable bonds is 5. The highest BCUT2D eigenvalue weighted by molar-refractivity contribution is 6.33. The summed E-state index contributed by atoms with van der Waals surface area (Å²) in [4.78, 5) is 25.2. The maximum Gasteiger partial charge on any atom is 0.343 e. The molecule has 3 rings (SSSR count). The Hall–Kier alpha value is -3.25. The van der Waals surface area contributed by atoms with Crippen LogP contribution in [0.25, 0.3) is 0 Å². The van der Waals surface area contributed by atoms with Crippen LogP contribution in [0.15, 0.2) is 72.8 Å². The van der Waals surface area contributed by atoms with Gasteiger partial charge in [0.25, 0.3) is 5.91 Å². The highest BCUT2D eigenvalue weighted by Crippen LogP contribution is 2.25. The van der Waals surface area contributed by atoms with Crippen LogP contribution in [0.3, 0.4) is 0 Å². The molecule has 1 atom stereocenters. The minimum Gasteiger partial charge on any atom is -0.444 e. The molecular weight excluding hydrogens is 388 g/mol. The van der Waals surface area contributed by atoms with Crippen molar-refractivity contribution in [2.75, 3.05) is 5.32 Å². The quantitative estimate of drug-likeness (QED) is 0.601. The van der Waals surface area contributed by atoms with Crippen molar-refractivity contribution in [2.24, 2.45) is 0 Å². The maximum atomic E-state index is 14.0. The average molecular weight is 402 g/mol. The molecule has 0 fully saturated rings. The van der Waals surface area contributed by atoms with Gasteiger partial charge < -0.3 is 10.1 Å². The van der Waals surface area contributed by atoms with Crippen LogP contribution in [0.5, 0.6) is 0 Å². The van der Waals surface area contributed by atoms with E-state index in [2.05, 4.69) is 5.32 Å². The van der Waals surface area contributed by atoms with E-state index in [-0.39, 0.29) is 5.02 Å². The zero-order valence-electron chi connectivity index (χ0n) is 14.4. The van der Waals surface area contributed by atoms with Crippen molar-refractivity contribution in [3.63, 3.8) is 0 Å². The van der Waals surface area contributed by atoms with Crippen LogP contribution in [-0.4, -0.2) is 11.9 Å². The molecule has 3 aromatic carbocycles. The minimum atomic E-state index is -1.37. The first-order valence-electron chi connectivity index (χ1n) is 8.22. The number of anilines is 1. The first-order valence-corrected chi connectivity index (χ1v) is 8.60. The van der Waals surface area contributed by atoms with Gasteiger partial charge in [0.05, 0.1) is 5.02 Å². The summed E-state index contributed by atoms with van der Waals surface area (Å²) in [5.74, 6) is -3.08.